The van der Waals surface area contributed by atoms with Crippen molar-refractivity contribution in [3.05, 3.63) is 0 Å². The fourth-order valence-corrected chi connectivity index (χ4v) is 2.56. The molecule has 1 aliphatic rings. The van der Waals surface area contributed by atoms with Crippen molar-refractivity contribution in [2.24, 2.45) is 16.7 Å². The van der Waals surface area contributed by atoms with Crippen LogP contribution in [0.1, 0.15) is 27.7 Å². The van der Waals surface area contributed by atoms with E-state index in [1.807, 2.05) is 0 Å². The molecule has 6 nitrogen and oxygen atoms in total. The molecular weight excluding hydrogens is 248 g/mol. The van der Waals surface area contributed by atoms with E-state index < -0.39 is 12.1 Å². The highest BCUT2D eigenvalue weighted by molar-refractivity contribution is 5.76. The SMILES string of the molecule is COC(CNC(=O)NCC1C(C)(C)C1(C)C)C(=O)O. The second-order valence-electron chi connectivity index (χ2n) is 6.15. The van der Waals surface area contributed by atoms with Crippen LogP contribution in [-0.2, 0) is 9.53 Å². The number of urea groups is 1. The molecule has 0 aromatic carbocycles. The smallest absolute Gasteiger partial charge is 0.334 e. The molecule has 3 N–H and O–H groups in total. The lowest BCUT2D eigenvalue weighted by Crippen LogP contribution is -2.43. The average Bonchev–Trinajstić information content (AvgIpc) is 2.67. The van der Waals surface area contributed by atoms with E-state index in [4.69, 9.17) is 9.84 Å². The number of carbonyl (C=O) groups excluding carboxylic acids is 1. The van der Waals surface area contributed by atoms with Gasteiger partial charge in [0.2, 0.25) is 0 Å². The molecule has 110 valence electrons. The van der Waals surface area contributed by atoms with Crippen molar-refractivity contribution in [2.45, 2.75) is 33.8 Å². The monoisotopic (exact) mass is 272 g/mol. The van der Waals surface area contributed by atoms with E-state index in [1.54, 1.807) is 0 Å². The lowest BCUT2D eigenvalue weighted by atomic mass is 10.0. The summed E-state index contributed by atoms with van der Waals surface area (Å²) in [5.41, 5.74) is 0.437. The minimum absolute atomic E-state index is 0.0465. The molecule has 1 atom stereocenters. The Balaban J connectivity index is 2.29. The highest BCUT2D eigenvalue weighted by Gasteiger charge is 2.64. The fraction of sp³-hybridized carbons (Fsp3) is 0.846. The molecule has 1 aliphatic carbocycles. The molecule has 1 unspecified atom stereocenters. The summed E-state index contributed by atoms with van der Waals surface area (Å²) in [5.74, 6) is -0.657. The number of aliphatic carboxylic acids is 1. The van der Waals surface area contributed by atoms with Crippen LogP contribution < -0.4 is 10.6 Å². The van der Waals surface area contributed by atoms with Crippen LogP contribution >= 0.6 is 0 Å². The van der Waals surface area contributed by atoms with E-state index in [2.05, 4.69) is 38.3 Å². The Bertz CT molecular complexity index is 352. The minimum Gasteiger partial charge on any atom is -0.479 e. The summed E-state index contributed by atoms with van der Waals surface area (Å²) < 4.78 is 4.72. The zero-order valence-corrected chi connectivity index (χ0v) is 12.2. The third-order valence-corrected chi connectivity index (χ3v) is 4.79. The molecule has 0 aromatic heterocycles. The molecule has 0 radical (unpaired) electrons. The van der Waals surface area contributed by atoms with Crippen molar-refractivity contribution in [3.8, 4) is 0 Å². The van der Waals surface area contributed by atoms with Crippen LogP contribution in [0.2, 0.25) is 0 Å². The Morgan fingerprint density at radius 3 is 2.11 bits per heavy atom. The van der Waals surface area contributed by atoms with Gasteiger partial charge in [0, 0.05) is 13.7 Å². The first-order valence-corrected chi connectivity index (χ1v) is 6.42. The van der Waals surface area contributed by atoms with Crippen LogP contribution in [0.25, 0.3) is 0 Å². The maximum atomic E-state index is 11.6. The Morgan fingerprint density at radius 1 is 1.21 bits per heavy atom. The Morgan fingerprint density at radius 2 is 1.74 bits per heavy atom. The number of nitrogens with one attached hydrogen (secondary N) is 2. The quantitative estimate of drug-likeness (QED) is 0.675. The predicted molar refractivity (Wildman–Crippen MR) is 70.9 cm³/mol. The molecule has 1 saturated carbocycles. The van der Waals surface area contributed by atoms with Gasteiger partial charge in [-0.05, 0) is 16.7 Å². The standard InChI is InChI=1S/C13H24N2O4/c1-12(2)9(13(12,3)4)7-15-11(18)14-6-8(19-5)10(16)17/h8-9H,6-7H2,1-5H3,(H,16,17)(H2,14,15,18). The van der Waals surface area contributed by atoms with Gasteiger partial charge in [-0.3, -0.25) is 0 Å². The summed E-state index contributed by atoms with van der Waals surface area (Å²) in [4.78, 5) is 22.3. The second kappa shape index (κ2) is 5.36. The third kappa shape index (κ3) is 3.18. The number of methoxy groups -OCH3 is 1. The van der Waals surface area contributed by atoms with Crippen LogP contribution in [0.15, 0.2) is 0 Å². The van der Waals surface area contributed by atoms with Crippen LogP contribution in [0.4, 0.5) is 4.79 Å². The lowest BCUT2D eigenvalue weighted by molar-refractivity contribution is -0.147. The Hall–Kier alpha value is -1.30. The van der Waals surface area contributed by atoms with Crippen molar-refractivity contribution >= 4 is 12.0 Å². The number of amides is 2. The third-order valence-electron chi connectivity index (χ3n) is 4.79. The maximum absolute atomic E-state index is 11.6. The summed E-state index contributed by atoms with van der Waals surface area (Å²) in [5, 5.41) is 14.0. The highest BCUT2D eigenvalue weighted by Crippen LogP contribution is 2.67. The summed E-state index contributed by atoms with van der Waals surface area (Å²) in [6, 6.07) is -0.359. The summed E-state index contributed by atoms with van der Waals surface area (Å²) in [6.07, 6.45) is -1.01. The highest BCUT2D eigenvalue weighted by atomic mass is 16.5. The number of carboxylic acid groups (broad SMARTS) is 1. The van der Waals surface area contributed by atoms with Gasteiger partial charge in [0.25, 0.3) is 0 Å². The second-order valence-corrected chi connectivity index (χ2v) is 6.15. The van der Waals surface area contributed by atoms with Gasteiger partial charge in [0.05, 0.1) is 6.54 Å². The zero-order chi connectivity index (χ0) is 14.8. The van der Waals surface area contributed by atoms with Crippen LogP contribution in [0.3, 0.4) is 0 Å². The molecule has 1 rings (SSSR count). The van der Waals surface area contributed by atoms with Gasteiger partial charge in [-0.25, -0.2) is 9.59 Å². The summed E-state index contributed by atoms with van der Waals surface area (Å²) in [7, 11) is 1.30. The molecule has 0 heterocycles. The molecule has 0 aliphatic heterocycles. The number of carbonyl (C=O) groups is 2. The number of hydrogen-bond donors (Lipinski definition) is 3. The molecule has 2 amide bonds. The van der Waals surface area contributed by atoms with Crippen molar-refractivity contribution in [1.29, 1.82) is 0 Å². The van der Waals surface area contributed by atoms with Crippen LogP contribution in [0, 0.1) is 16.7 Å². The summed E-state index contributed by atoms with van der Waals surface area (Å²) >= 11 is 0. The molecule has 1 fully saturated rings. The Kier molecular flexibility index (Phi) is 4.45. The normalized spacial score (nSPS) is 21.5. The zero-order valence-electron chi connectivity index (χ0n) is 12.2. The predicted octanol–water partition coefficient (Wildman–Crippen LogP) is 1.07. The van der Waals surface area contributed by atoms with Crippen molar-refractivity contribution in [2.75, 3.05) is 20.2 Å². The summed E-state index contributed by atoms with van der Waals surface area (Å²) in [6.45, 7) is 9.28. The molecule has 0 spiro atoms. The van der Waals surface area contributed by atoms with Crippen molar-refractivity contribution in [1.82, 2.24) is 10.6 Å². The van der Waals surface area contributed by atoms with E-state index in [-0.39, 0.29) is 23.4 Å². The lowest BCUT2D eigenvalue weighted by Gasteiger charge is -2.12. The van der Waals surface area contributed by atoms with Crippen molar-refractivity contribution < 1.29 is 19.4 Å². The van der Waals surface area contributed by atoms with Crippen LogP contribution in [-0.4, -0.2) is 43.4 Å². The van der Waals surface area contributed by atoms with Gasteiger partial charge in [0.15, 0.2) is 6.10 Å². The van der Waals surface area contributed by atoms with E-state index in [0.717, 1.165) is 0 Å². The Labute approximate surface area is 113 Å². The first-order chi connectivity index (χ1) is 8.64. The molecule has 19 heavy (non-hydrogen) atoms. The molecule has 0 aromatic rings. The number of ether oxygens (including phenoxy) is 1. The molecule has 0 saturated heterocycles. The van der Waals surface area contributed by atoms with Gasteiger partial charge in [-0.15, -0.1) is 0 Å². The largest absolute Gasteiger partial charge is 0.479 e. The average molecular weight is 272 g/mol. The number of rotatable bonds is 6. The van der Waals surface area contributed by atoms with Crippen LogP contribution in [0.5, 0.6) is 0 Å². The topological polar surface area (TPSA) is 87.7 Å². The van der Waals surface area contributed by atoms with Gasteiger partial charge in [0.1, 0.15) is 0 Å². The van der Waals surface area contributed by atoms with E-state index >= 15 is 0 Å². The number of hydrogen-bond acceptors (Lipinski definition) is 3. The first-order valence-electron chi connectivity index (χ1n) is 6.42. The van der Waals surface area contributed by atoms with Gasteiger partial charge in [-0.2, -0.15) is 0 Å². The number of carboxylic acids is 1. The van der Waals surface area contributed by atoms with Gasteiger partial charge >= 0.3 is 12.0 Å². The fourth-order valence-electron chi connectivity index (χ4n) is 2.56. The molecule has 6 heteroatoms. The van der Waals surface area contributed by atoms with E-state index in [1.165, 1.54) is 7.11 Å². The molecular formula is C13H24N2O4. The van der Waals surface area contributed by atoms with Gasteiger partial charge < -0.3 is 20.5 Å². The van der Waals surface area contributed by atoms with E-state index in [9.17, 15) is 9.59 Å². The molecule has 0 bridgehead atoms. The minimum atomic E-state index is -1.09. The van der Waals surface area contributed by atoms with Crippen molar-refractivity contribution in [3.63, 3.8) is 0 Å². The maximum Gasteiger partial charge on any atom is 0.334 e. The van der Waals surface area contributed by atoms with Gasteiger partial charge in [-0.1, -0.05) is 27.7 Å². The first kappa shape index (κ1) is 15.8. The van der Waals surface area contributed by atoms with E-state index in [0.29, 0.717) is 12.5 Å².